The Kier molecular flexibility index (Phi) is 3.52. The third-order valence-electron chi connectivity index (χ3n) is 3.04. The van der Waals surface area contributed by atoms with E-state index in [0.29, 0.717) is 5.75 Å². The van der Waals surface area contributed by atoms with Crippen molar-refractivity contribution in [3.05, 3.63) is 28.3 Å². The number of hydrogen-bond donors (Lipinski definition) is 2. The second-order valence-corrected chi connectivity index (χ2v) is 5.15. The molecule has 6 heteroatoms. The number of aliphatic hydroxyl groups is 1. The molecular weight excluding hydrogens is 236 g/mol. The Labute approximate surface area is 106 Å². The van der Waals surface area contributed by atoms with Crippen LogP contribution in [0.5, 0.6) is 5.75 Å². The summed E-state index contributed by atoms with van der Waals surface area (Å²) in [5, 5.41) is 20.7. The molecule has 0 fully saturated rings. The molecule has 0 heterocycles. The summed E-state index contributed by atoms with van der Waals surface area (Å²) in [5.41, 5.74) is 3.38. The molecule has 0 aliphatic rings. The molecule has 6 nitrogen and oxygen atoms in total. The van der Waals surface area contributed by atoms with E-state index in [0.717, 1.165) is 0 Å². The number of nitrogens with zero attached hydrogens (tertiary/aromatic N) is 1. The molecule has 0 aliphatic carbocycles. The van der Waals surface area contributed by atoms with Crippen molar-refractivity contribution < 1.29 is 14.8 Å². The predicted octanol–water partition coefficient (Wildman–Crippen LogP) is 2.11. The molecule has 0 saturated carbocycles. The van der Waals surface area contributed by atoms with Crippen LogP contribution < -0.4 is 10.5 Å². The van der Waals surface area contributed by atoms with E-state index in [1.54, 1.807) is 27.7 Å². The van der Waals surface area contributed by atoms with E-state index in [1.807, 2.05) is 0 Å². The topological polar surface area (TPSA) is 98.6 Å². The number of nitrogen functional groups attached to an aromatic ring is 1. The first-order chi connectivity index (χ1) is 8.04. The third-order valence-corrected chi connectivity index (χ3v) is 3.04. The van der Waals surface area contributed by atoms with Crippen LogP contribution in [0.3, 0.4) is 0 Å². The second kappa shape index (κ2) is 4.45. The fourth-order valence-corrected chi connectivity index (χ4v) is 1.16. The lowest BCUT2D eigenvalue weighted by molar-refractivity contribution is -0.384. The van der Waals surface area contributed by atoms with Crippen LogP contribution in [-0.4, -0.2) is 21.2 Å². The van der Waals surface area contributed by atoms with Crippen molar-refractivity contribution in [1.82, 2.24) is 0 Å². The molecule has 0 radical (unpaired) electrons. The smallest absolute Gasteiger partial charge is 0.295 e. The molecular formula is C12H18N2O4. The summed E-state index contributed by atoms with van der Waals surface area (Å²) in [6.07, 6.45) is 0. The van der Waals surface area contributed by atoms with Crippen molar-refractivity contribution in [2.45, 2.75) is 38.9 Å². The molecule has 100 valence electrons. The summed E-state index contributed by atoms with van der Waals surface area (Å²) in [4.78, 5) is 10.2. The fourth-order valence-electron chi connectivity index (χ4n) is 1.16. The van der Waals surface area contributed by atoms with Gasteiger partial charge in [0.1, 0.15) is 17.0 Å². The van der Waals surface area contributed by atoms with Crippen molar-refractivity contribution in [1.29, 1.82) is 0 Å². The number of nitro benzene ring substituents is 1. The molecule has 0 bridgehead atoms. The SMILES string of the molecule is CC(C)(O)C(C)(C)Oc1ccc(N)c([N+](=O)[O-])c1. The van der Waals surface area contributed by atoms with Gasteiger partial charge in [-0.05, 0) is 39.8 Å². The zero-order chi connectivity index (χ0) is 14.1. The van der Waals surface area contributed by atoms with Gasteiger partial charge in [0.05, 0.1) is 16.6 Å². The van der Waals surface area contributed by atoms with E-state index in [2.05, 4.69) is 0 Å². The lowest BCUT2D eigenvalue weighted by Gasteiger charge is -2.37. The van der Waals surface area contributed by atoms with Crippen LogP contribution >= 0.6 is 0 Å². The number of rotatable bonds is 4. The van der Waals surface area contributed by atoms with Crippen LogP contribution in [-0.2, 0) is 0 Å². The zero-order valence-corrected chi connectivity index (χ0v) is 10.9. The highest BCUT2D eigenvalue weighted by Crippen LogP contribution is 2.32. The lowest BCUT2D eigenvalue weighted by atomic mass is 9.89. The quantitative estimate of drug-likeness (QED) is 0.487. The summed E-state index contributed by atoms with van der Waals surface area (Å²) < 4.78 is 5.60. The van der Waals surface area contributed by atoms with Gasteiger partial charge in [0.25, 0.3) is 5.69 Å². The Morgan fingerprint density at radius 3 is 2.33 bits per heavy atom. The van der Waals surface area contributed by atoms with Crippen molar-refractivity contribution in [2.24, 2.45) is 0 Å². The van der Waals surface area contributed by atoms with E-state index < -0.39 is 16.1 Å². The van der Waals surface area contributed by atoms with Gasteiger partial charge in [-0.2, -0.15) is 0 Å². The summed E-state index contributed by atoms with van der Waals surface area (Å²) in [7, 11) is 0. The first kappa shape index (κ1) is 14.2. The van der Waals surface area contributed by atoms with Gasteiger partial charge >= 0.3 is 0 Å². The van der Waals surface area contributed by atoms with Gasteiger partial charge in [-0.15, -0.1) is 0 Å². The van der Waals surface area contributed by atoms with E-state index in [9.17, 15) is 15.2 Å². The summed E-state index contributed by atoms with van der Waals surface area (Å²) >= 11 is 0. The molecule has 0 aromatic heterocycles. The molecule has 0 aliphatic heterocycles. The van der Waals surface area contributed by atoms with Gasteiger partial charge in [0.2, 0.25) is 0 Å². The van der Waals surface area contributed by atoms with E-state index >= 15 is 0 Å². The highest BCUT2D eigenvalue weighted by molar-refractivity contribution is 5.60. The van der Waals surface area contributed by atoms with Crippen LogP contribution in [0.1, 0.15) is 27.7 Å². The number of hydrogen-bond acceptors (Lipinski definition) is 5. The molecule has 0 amide bonds. The van der Waals surface area contributed by atoms with Gasteiger partial charge in [-0.1, -0.05) is 0 Å². The van der Waals surface area contributed by atoms with E-state index in [4.69, 9.17) is 10.5 Å². The van der Waals surface area contributed by atoms with Gasteiger partial charge in [0, 0.05) is 0 Å². The average molecular weight is 254 g/mol. The summed E-state index contributed by atoms with van der Waals surface area (Å²) in [5.74, 6) is 0.294. The van der Waals surface area contributed by atoms with Gasteiger partial charge < -0.3 is 15.6 Å². The Balaban J connectivity index is 3.07. The largest absolute Gasteiger partial charge is 0.485 e. The molecule has 1 rings (SSSR count). The van der Waals surface area contributed by atoms with Crippen LogP contribution in [0.15, 0.2) is 18.2 Å². The first-order valence-electron chi connectivity index (χ1n) is 5.50. The Bertz CT molecular complexity index is 464. The standard InChI is InChI=1S/C12H18N2O4/c1-11(2,15)12(3,4)18-8-5-6-9(13)10(7-8)14(16)17/h5-7,15H,13H2,1-4H3. The Hall–Kier alpha value is -1.82. The molecule has 0 unspecified atom stereocenters. The van der Waals surface area contributed by atoms with Crippen LogP contribution in [0.25, 0.3) is 0 Å². The minimum absolute atomic E-state index is 0.0772. The Morgan fingerprint density at radius 2 is 1.89 bits per heavy atom. The number of nitro groups is 1. The molecule has 0 spiro atoms. The third kappa shape index (κ3) is 2.89. The van der Waals surface area contributed by atoms with Crippen molar-refractivity contribution in [3.8, 4) is 5.75 Å². The van der Waals surface area contributed by atoms with E-state index in [1.165, 1.54) is 18.2 Å². The molecule has 1 aromatic carbocycles. The summed E-state index contributed by atoms with van der Waals surface area (Å²) in [6.45, 7) is 6.63. The van der Waals surface area contributed by atoms with Crippen LogP contribution in [0.4, 0.5) is 11.4 Å². The number of benzene rings is 1. The highest BCUT2D eigenvalue weighted by atomic mass is 16.6. The second-order valence-electron chi connectivity index (χ2n) is 5.15. The van der Waals surface area contributed by atoms with Crippen molar-refractivity contribution >= 4 is 11.4 Å². The number of anilines is 1. The van der Waals surface area contributed by atoms with Gasteiger partial charge in [-0.25, -0.2) is 0 Å². The average Bonchev–Trinajstić information content (AvgIpc) is 2.18. The van der Waals surface area contributed by atoms with Gasteiger partial charge in [-0.3, -0.25) is 10.1 Å². The monoisotopic (exact) mass is 254 g/mol. The Morgan fingerprint density at radius 1 is 1.33 bits per heavy atom. The number of nitrogens with two attached hydrogens (primary N) is 1. The predicted molar refractivity (Wildman–Crippen MR) is 68.5 cm³/mol. The molecule has 0 saturated heterocycles. The zero-order valence-electron chi connectivity index (χ0n) is 10.9. The maximum atomic E-state index is 10.8. The lowest BCUT2D eigenvalue weighted by Crippen LogP contribution is -2.49. The fraction of sp³-hybridized carbons (Fsp3) is 0.500. The van der Waals surface area contributed by atoms with Crippen LogP contribution in [0.2, 0.25) is 0 Å². The van der Waals surface area contributed by atoms with Crippen LogP contribution in [0, 0.1) is 10.1 Å². The van der Waals surface area contributed by atoms with Crippen molar-refractivity contribution in [2.75, 3.05) is 5.73 Å². The maximum absolute atomic E-state index is 10.8. The normalized spacial score (nSPS) is 12.3. The molecule has 1 aromatic rings. The van der Waals surface area contributed by atoms with Crippen molar-refractivity contribution in [3.63, 3.8) is 0 Å². The molecule has 18 heavy (non-hydrogen) atoms. The van der Waals surface area contributed by atoms with E-state index in [-0.39, 0.29) is 11.4 Å². The molecule has 0 atom stereocenters. The minimum Gasteiger partial charge on any atom is -0.485 e. The first-order valence-corrected chi connectivity index (χ1v) is 5.50. The summed E-state index contributed by atoms with van der Waals surface area (Å²) in [6, 6.07) is 4.20. The maximum Gasteiger partial charge on any atom is 0.295 e. The van der Waals surface area contributed by atoms with Gasteiger partial charge in [0.15, 0.2) is 0 Å². The minimum atomic E-state index is -1.09. The number of ether oxygens (including phenoxy) is 1. The highest BCUT2D eigenvalue weighted by Gasteiger charge is 2.37. The molecule has 3 N–H and O–H groups in total.